The summed E-state index contributed by atoms with van der Waals surface area (Å²) in [4.78, 5) is 23.5. The number of Topliss-reactive ketones (excluding diaryl/α,β-unsaturated/α-hetero) is 1. The van der Waals surface area contributed by atoms with Crippen LogP contribution in [-0.4, -0.2) is 25.5 Å². The molecule has 0 saturated heterocycles. The Morgan fingerprint density at radius 3 is 2.67 bits per heavy atom. The minimum Gasteiger partial charge on any atom is -0.494 e. The van der Waals surface area contributed by atoms with Crippen molar-refractivity contribution in [3.05, 3.63) is 70.0 Å². The van der Waals surface area contributed by atoms with E-state index in [-0.39, 0.29) is 18.1 Å². The van der Waals surface area contributed by atoms with Crippen molar-refractivity contribution in [1.29, 1.82) is 0 Å². The van der Waals surface area contributed by atoms with E-state index < -0.39 is 11.8 Å². The van der Waals surface area contributed by atoms with Crippen LogP contribution in [0.2, 0.25) is 0 Å². The topological polar surface area (TPSA) is 52.6 Å². The molecule has 0 spiro atoms. The van der Waals surface area contributed by atoms with Gasteiger partial charge in [-0.05, 0) is 35.9 Å². The summed E-state index contributed by atoms with van der Waals surface area (Å²) in [6.07, 6.45) is 2.53. The zero-order valence-electron chi connectivity index (χ0n) is 12.8. The highest BCUT2D eigenvalue weighted by Crippen LogP contribution is 2.18. The van der Waals surface area contributed by atoms with E-state index in [4.69, 9.17) is 9.47 Å². The summed E-state index contributed by atoms with van der Waals surface area (Å²) < 4.78 is 24.0. The molecule has 0 aliphatic carbocycles. The molecule has 0 aromatic heterocycles. The van der Waals surface area contributed by atoms with E-state index in [0.717, 1.165) is 10.5 Å². The van der Waals surface area contributed by atoms with Crippen LogP contribution in [0.1, 0.15) is 15.9 Å². The summed E-state index contributed by atoms with van der Waals surface area (Å²) in [7, 11) is 1.37. The standard InChI is InChI=1S/C18H14BrFO4/c1-23-17-7-5-12(9-15(17)20)6-8-18(22)24-11-16(21)13-3-2-4-14(19)10-13/h2-10H,11H2,1H3/b8-6+. The van der Waals surface area contributed by atoms with Crippen molar-refractivity contribution in [2.45, 2.75) is 0 Å². The molecule has 124 valence electrons. The molecule has 2 aromatic rings. The lowest BCUT2D eigenvalue weighted by atomic mass is 10.1. The SMILES string of the molecule is COc1ccc(/C=C/C(=O)OCC(=O)c2cccc(Br)c2)cc1F. The van der Waals surface area contributed by atoms with Gasteiger partial charge in [-0.15, -0.1) is 0 Å². The van der Waals surface area contributed by atoms with Gasteiger partial charge in [-0.2, -0.15) is 0 Å². The number of carbonyl (C=O) groups is 2. The largest absolute Gasteiger partial charge is 0.494 e. The molecule has 2 aromatic carbocycles. The number of hydrogen-bond acceptors (Lipinski definition) is 4. The van der Waals surface area contributed by atoms with Gasteiger partial charge in [0.15, 0.2) is 24.0 Å². The van der Waals surface area contributed by atoms with Gasteiger partial charge in [-0.25, -0.2) is 9.18 Å². The van der Waals surface area contributed by atoms with Gasteiger partial charge >= 0.3 is 5.97 Å². The number of carbonyl (C=O) groups excluding carboxylic acids is 2. The zero-order chi connectivity index (χ0) is 17.5. The van der Waals surface area contributed by atoms with Crippen molar-refractivity contribution in [2.75, 3.05) is 13.7 Å². The number of ketones is 1. The minimum absolute atomic E-state index is 0.120. The maximum absolute atomic E-state index is 13.5. The molecule has 0 N–H and O–H groups in total. The van der Waals surface area contributed by atoms with Crippen molar-refractivity contribution in [3.63, 3.8) is 0 Å². The van der Waals surface area contributed by atoms with Gasteiger partial charge in [0.05, 0.1) is 7.11 Å². The number of ether oxygens (including phenoxy) is 2. The Balaban J connectivity index is 1.91. The van der Waals surface area contributed by atoms with Crippen molar-refractivity contribution in [1.82, 2.24) is 0 Å². The lowest BCUT2D eigenvalue weighted by Crippen LogP contribution is -2.12. The molecule has 4 nitrogen and oxygen atoms in total. The third kappa shape index (κ3) is 5.03. The van der Waals surface area contributed by atoms with Gasteiger partial charge in [0, 0.05) is 16.1 Å². The first-order valence-corrected chi connectivity index (χ1v) is 7.76. The number of esters is 1. The highest BCUT2D eigenvalue weighted by molar-refractivity contribution is 9.10. The summed E-state index contributed by atoms with van der Waals surface area (Å²) >= 11 is 3.27. The lowest BCUT2D eigenvalue weighted by molar-refractivity contribution is -0.136. The van der Waals surface area contributed by atoms with Crippen LogP contribution in [0.25, 0.3) is 6.08 Å². The minimum atomic E-state index is -0.686. The Kier molecular flexibility index (Phi) is 6.26. The summed E-state index contributed by atoms with van der Waals surface area (Å²) in [5, 5.41) is 0. The van der Waals surface area contributed by atoms with Gasteiger partial charge < -0.3 is 9.47 Å². The monoisotopic (exact) mass is 392 g/mol. The molecule has 24 heavy (non-hydrogen) atoms. The molecule has 2 rings (SSSR count). The van der Waals surface area contributed by atoms with E-state index >= 15 is 0 Å². The molecule has 0 heterocycles. The average molecular weight is 393 g/mol. The second-order valence-electron chi connectivity index (χ2n) is 4.77. The molecule has 0 aliphatic rings. The van der Waals surface area contributed by atoms with Crippen LogP contribution in [0.3, 0.4) is 0 Å². The molecule has 0 fully saturated rings. The molecule has 0 atom stereocenters. The predicted molar refractivity (Wildman–Crippen MR) is 91.4 cm³/mol. The maximum atomic E-state index is 13.5. The summed E-state index contributed by atoms with van der Waals surface area (Å²) in [6, 6.07) is 11.1. The van der Waals surface area contributed by atoms with Crippen LogP contribution >= 0.6 is 15.9 Å². The van der Waals surface area contributed by atoms with Gasteiger partial charge in [0.1, 0.15) is 0 Å². The van der Waals surface area contributed by atoms with Crippen LogP contribution < -0.4 is 4.74 Å². The first kappa shape index (κ1) is 17.9. The molecule has 0 saturated carbocycles. The Labute approximate surface area is 147 Å². The molecule has 0 aliphatic heterocycles. The van der Waals surface area contributed by atoms with Gasteiger partial charge in [0.2, 0.25) is 0 Å². The molecule has 0 amide bonds. The third-order valence-electron chi connectivity index (χ3n) is 3.08. The highest BCUT2D eigenvalue weighted by atomic mass is 79.9. The zero-order valence-corrected chi connectivity index (χ0v) is 14.4. The predicted octanol–water partition coefficient (Wildman–Crippen LogP) is 4.04. The molecule has 0 bridgehead atoms. The van der Waals surface area contributed by atoms with Crippen molar-refractivity contribution >= 4 is 33.8 Å². The molecular formula is C18H14BrFO4. The number of methoxy groups -OCH3 is 1. The van der Waals surface area contributed by atoms with E-state index in [9.17, 15) is 14.0 Å². The van der Waals surface area contributed by atoms with Crippen molar-refractivity contribution in [3.8, 4) is 5.75 Å². The van der Waals surface area contributed by atoms with Gasteiger partial charge in [-0.3, -0.25) is 4.79 Å². The smallest absolute Gasteiger partial charge is 0.331 e. The fraction of sp³-hybridized carbons (Fsp3) is 0.111. The summed E-state index contributed by atoms with van der Waals surface area (Å²) in [5.74, 6) is -1.41. The van der Waals surface area contributed by atoms with E-state index in [1.165, 1.54) is 25.3 Å². The molecular weight excluding hydrogens is 379 g/mol. The second-order valence-corrected chi connectivity index (χ2v) is 5.68. The van der Waals surface area contributed by atoms with Gasteiger partial charge in [0.25, 0.3) is 0 Å². The van der Waals surface area contributed by atoms with Crippen molar-refractivity contribution in [2.24, 2.45) is 0 Å². The Hall–Kier alpha value is -2.47. The van der Waals surface area contributed by atoms with E-state index in [2.05, 4.69) is 15.9 Å². The van der Waals surface area contributed by atoms with Crippen LogP contribution in [-0.2, 0) is 9.53 Å². The van der Waals surface area contributed by atoms with Crippen LogP contribution in [0.15, 0.2) is 53.0 Å². The fourth-order valence-corrected chi connectivity index (χ4v) is 2.28. The third-order valence-corrected chi connectivity index (χ3v) is 3.57. The number of benzene rings is 2. The normalized spacial score (nSPS) is 10.6. The number of halogens is 2. The van der Waals surface area contributed by atoms with Crippen LogP contribution in [0, 0.1) is 5.82 Å². The molecule has 6 heteroatoms. The molecule has 0 unspecified atom stereocenters. The second kappa shape index (κ2) is 8.40. The number of rotatable bonds is 6. The van der Waals surface area contributed by atoms with Crippen molar-refractivity contribution < 1.29 is 23.5 Å². The quantitative estimate of drug-likeness (QED) is 0.423. The summed E-state index contributed by atoms with van der Waals surface area (Å²) in [6.45, 7) is -0.364. The van der Waals surface area contributed by atoms with E-state index in [1.54, 1.807) is 30.3 Å². The average Bonchev–Trinajstić information content (AvgIpc) is 2.58. The van der Waals surface area contributed by atoms with Crippen LogP contribution in [0.4, 0.5) is 4.39 Å². The van der Waals surface area contributed by atoms with Gasteiger partial charge in [-0.1, -0.05) is 34.1 Å². The van der Waals surface area contributed by atoms with Crippen LogP contribution in [0.5, 0.6) is 5.75 Å². The first-order chi connectivity index (χ1) is 11.5. The Bertz CT molecular complexity index is 786. The molecule has 0 radical (unpaired) electrons. The Morgan fingerprint density at radius 2 is 2.00 bits per heavy atom. The van der Waals surface area contributed by atoms with E-state index in [1.807, 2.05) is 0 Å². The fourth-order valence-electron chi connectivity index (χ4n) is 1.88. The maximum Gasteiger partial charge on any atom is 0.331 e. The summed E-state index contributed by atoms with van der Waals surface area (Å²) in [5.41, 5.74) is 0.918. The first-order valence-electron chi connectivity index (χ1n) is 6.97. The number of hydrogen-bond donors (Lipinski definition) is 0. The highest BCUT2D eigenvalue weighted by Gasteiger charge is 2.09. The lowest BCUT2D eigenvalue weighted by Gasteiger charge is -2.03. The van der Waals surface area contributed by atoms with E-state index in [0.29, 0.717) is 11.1 Å². The Morgan fingerprint density at radius 1 is 1.21 bits per heavy atom.